The molecule has 0 saturated heterocycles. The van der Waals surface area contributed by atoms with Crippen molar-refractivity contribution in [2.45, 2.75) is 12.5 Å². The fourth-order valence-electron chi connectivity index (χ4n) is 3.86. The van der Waals surface area contributed by atoms with Gasteiger partial charge in [-0.25, -0.2) is 9.59 Å². The number of anilines is 3. The summed E-state index contributed by atoms with van der Waals surface area (Å²) in [6, 6.07) is 16.2. The largest absolute Gasteiger partial charge is 0.465 e. The number of ether oxygens (including phenoxy) is 2. The van der Waals surface area contributed by atoms with Crippen molar-refractivity contribution < 1.29 is 19.1 Å². The van der Waals surface area contributed by atoms with Crippen LogP contribution in [0.5, 0.6) is 0 Å². The van der Waals surface area contributed by atoms with E-state index in [1.165, 1.54) is 14.2 Å². The average molecular weight is 431 g/mol. The van der Waals surface area contributed by atoms with E-state index in [-0.39, 0.29) is 17.3 Å². The Morgan fingerprint density at radius 1 is 0.938 bits per heavy atom. The zero-order valence-corrected chi connectivity index (χ0v) is 18.0. The Morgan fingerprint density at radius 3 is 2.38 bits per heavy atom. The van der Waals surface area contributed by atoms with Crippen molar-refractivity contribution in [2.75, 3.05) is 36.3 Å². The molecule has 2 aliphatic heterocycles. The van der Waals surface area contributed by atoms with Crippen molar-refractivity contribution >= 4 is 29.0 Å². The predicted molar refractivity (Wildman–Crippen MR) is 124 cm³/mol. The van der Waals surface area contributed by atoms with Crippen LogP contribution in [0.1, 0.15) is 18.0 Å². The molecule has 7 heteroatoms. The number of hydrogen-bond acceptors (Lipinski definition) is 7. The lowest BCUT2D eigenvalue weighted by molar-refractivity contribution is -0.139. The molecule has 1 atom stereocenters. The van der Waals surface area contributed by atoms with Crippen LogP contribution in [0.25, 0.3) is 0 Å². The summed E-state index contributed by atoms with van der Waals surface area (Å²) in [5.41, 5.74) is 4.24. The minimum atomic E-state index is -0.626. The van der Waals surface area contributed by atoms with Crippen LogP contribution in [0.15, 0.2) is 84.2 Å². The van der Waals surface area contributed by atoms with Gasteiger partial charge in [0.2, 0.25) is 0 Å². The van der Waals surface area contributed by atoms with Gasteiger partial charge in [0, 0.05) is 18.4 Å². The lowest BCUT2D eigenvalue weighted by Gasteiger charge is -2.24. The number of fused-ring (bicyclic) bond motifs is 1. The molecule has 32 heavy (non-hydrogen) atoms. The minimum Gasteiger partial charge on any atom is -0.465 e. The van der Waals surface area contributed by atoms with Crippen LogP contribution in [0.3, 0.4) is 0 Å². The molecule has 4 rings (SSSR count). The number of rotatable bonds is 4. The quantitative estimate of drug-likeness (QED) is 0.704. The monoisotopic (exact) mass is 431 g/mol. The van der Waals surface area contributed by atoms with Crippen molar-refractivity contribution in [1.82, 2.24) is 0 Å². The molecule has 2 aliphatic rings. The molecule has 164 valence electrons. The first-order valence-electron chi connectivity index (χ1n) is 10.4. The molecule has 0 radical (unpaired) electrons. The number of carbonyl (C=O) groups excluding carboxylic acids is 2. The third-order valence-electron chi connectivity index (χ3n) is 5.47. The number of para-hydroxylation sites is 2. The highest BCUT2D eigenvalue weighted by Gasteiger charge is 2.27. The lowest BCUT2D eigenvalue weighted by Crippen LogP contribution is -2.27. The number of nitrogens with one attached hydrogen (secondary N) is 2. The molecule has 2 aromatic rings. The molecule has 2 N–H and O–H groups in total. The minimum absolute atomic E-state index is 0.0998. The fourth-order valence-corrected chi connectivity index (χ4v) is 3.86. The topological polar surface area (TPSA) is 79.9 Å². The Bertz CT molecular complexity index is 1100. The summed E-state index contributed by atoms with van der Waals surface area (Å²) in [7, 11) is 2.57. The zero-order chi connectivity index (χ0) is 22.5. The van der Waals surface area contributed by atoms with E-state index in [0.717, 1.165) is 35.6 Å². The van der Waals surface area contributed by atoms with Crippen molar-refractivity contribution in [3.8, 4) is 0 Å². The van der Waals surface area contributed by atoms with Crippen molar-refractivity contribution in [3.63, 3.8) is 0 Å². The third kappa shape index (κ3) is 4.23. The van der Waals surface area contributed by atoms with Gasteiger partial charge in [0.1, 0.15) is 5.70 Å². The molecule has 2 heterocycles. The Labute approximate surface area is 187 Å². The molecule has 0 aromatic heterocycles. The highest BCUT2D eigenvalue weighted by atomic mass is 16.5. The van der Waals surface area contributed by atoms with Crippen molar-refractivity contribution in [2.24, 2.45) is 0 Å². The highest BCUT2D eigenvalue weighted by Crippen LogP contribution is 2.33. The third-order valence-corrected chi connectivity index (χ3v) is 5.47. The second-order valence-electron chi connectivity index (χ2n) is 7.37. The van der Waals surface area contributed by atoms with Gasteiger partial charge >= 0.3 is 11.9 Å². The standard InChI is InChI=1S/C25H25N3O4/c1-31-24(29)19-7-5-6-16-28(23(19)25(30)32-2)18-12-10-17(11-13-18)20-14-15-26-21-8-3-4-9-22(21)27-20/h3-13,16,20,26-27H,14-15H2,1-2H3. The van der Waals surface area contributed by atoms with Gasteiger partial charge in [0.15, 0.2) is 0 Å². The number of esters is 2. The van der Waals surface area contributed by atoms with Crippen LogP contribution in [0, 0.1) is 0 Å². The summed E-state index contributed by atoms with van der Waals surface area (Å²) >= 11 is 0. The van der Waals surface area contributed by atoms with Crippen LogP contribution in [0.2, 0.25) is 0 Å². The van der Waals surface area contributed by atoms with Gasteiger partial charge < -0.3 is 25.0 Å². The van der Waals surface area contributed by atoms with E-state index in [2.05, 4.69) is 22.8 Å². The number of hydrogen-bond donors (Lipinski definition) is 2. The summed E-state index contributed by atoms with van der Waals surface area (Å²) < 4.78 is 9.83. The van der Waals surface area contributed by atoms with E-state index in [1.54, 1.807) is 29.3 Å². The summed E-state index contributed by atoms with van der Waals surface area (Å²) in [6.07, 6.45) is 7.62. The summed E-state index contributed by atoms with van der Waals surface area (Å²) in [5.74, 6) is -1.24. The van der Waals surface area contributed by atoms with Gasteiger partial charge in [-0.1, -0.05) is 30.3 Å². The predicted octanol–water partition coefficient (Wildman–Crippen LogP) is 4.15. The first kappa shape index (κ1) is 21.2. The molecule has 2 aromatic carbocycles. The van der Waals surface area contributed by atoms with Gasteiger partial charge in [-0.2, -0.15) is 0 Å². The number of methoxy groups -OCH3 is 2. The molecule has 1 unspecified atom stereocenters. The van der Waals surface area contributed by atoms with Gasteiger partial charge in [0.05, 0.1) is 37.2 Å². The van der Waals surface area contributed by atoms with Crippen LogP contribution < -0.4 is 15.5 Å². The molecular formula is C25H25N3O4. The van der Waals surface area contributed by atoms with Crippen molar-refractivity contribution in [1.29, 1.82) is 0 Å². The smallest absolute Gasteiger partial charge is 0.355 e. The Kier molecular flexibility index (Phi) is 6.26. The van der Waals surface area contributed by atoms with Crippen LogP contribution in [0.4, 0.5) is 17.1 Å². The molecule has 0 amide bonds. The molecule has 0 bridgehead atoms. The average Bonchev–Trinajstić information content (AvgIpc) is 3.19. The summed E-state index contributed by atoms with van der Waals surface area (Å²) in [5, 5.41) is 7.06. The second kappa shape index (κ2) is 9.43. The molecule has 0 saturated carbocycles. The number of benzene rings is 2. The van der Waals surface area contributed by atoms with Gasteiger partial charge in [-0.3, -0.25) is 0 Å². The maximum Gasteiger partial charge on any atom is 0.355 e. The number of carbonyl (C=O) groups is 2. The SMILES string of the molecule is COC(=O)C1=C(C(=O)OC)N(c2ccc(C3CCNc4ccccc4N3)cc2)C=CC=C1. The first-order chi connectivity index (χ1) is 15.6. The molecule has 0 aliphatic carbocycles. The normalized spacial score (nSPS) is 17.4. The zero-order valence-electron chi connectivity index (χ0n) is 18.0. The first-order valence-corrected chi connectivity index (χ1v) is 10.4. The van der Waals surface area contributed by atoms with E-state index < -0.39 is 11.9 Å². The molecule has 0 fully saturated rings. The maximum atomic E-state index is 12.6. The van der Waals surface area contributed by atoms with Crippen LogP contribution in [-0.2, 0) is 19.1 Å². The van der Waals surface area contributed by atoms with Gasteiger partial charge in [0.25, 0.3) is 0 Å². The van der Waals surface area contributed by atoms with E-state index in [4.69, 9.17) is 9.47 Å². The summed E-state index contributed by atoms with van der Waals surface area (Å²) in [6.45, 7) is 0.856. The highest BCUT2D eigenvalue weighted by molar-refractivity contribution is 6.05. The molecule has 0 spiro atoms. The van der Waals surface area contributed by atoms with E-state index in [1.807, 2.05) is 36.4 Å². The fraction of sp³-hybridized carbons (Fsp3) is 0.200. The van der Waals surface area contributed by atoms with Gasteiger partial charge in [-0.15, -0.1) is 0 Å². The maximum absolute atomic E-state index is 12.6. The summed E-state index contributed by atoms with van der Waals surface area (Å²) in [4.78, 5) is 26.5. The Hall–Kier alpha value is -4.00. The number of allylic oxidation sites excluding steroid dienone is 2. The Morgan fingerprint density at radius 2 is 1.66 bits per heavy atom. The van der Waals surface area contributed by atoms with Gasteiger partial charge in [-0.05, 0) is 48.4 Å². The van der Waals surface area contributed by atoms with E-state index in [9.17, 15) is 9.59 Å². The lowest BCUT2D eigenvalue weighted by atomic mass is 10.0. The number of nitrogens with zero attached hydrogens (tertiary/aromatic N) is 1. The second-order valence-corrected chi connectivity index (χ2v) is 7.37. The van der Waals surface area contributed by atoms with E-state index >= 15 is 0 Å². The molecule has 7 nitrogen and oxygen atoms in total. The van der Waals surface area contributed by atoms with Crippen molar-refractivity contribution in [3.05, 3.63) is 89.8 Å². The van der Waals surface area contributed by atoms with E-state index in [0.29, 0.717) is 0 Å². The Balaban J connectivity index is 1.65. The molecular weight excluding hydrogens is 406 g/mol. The van der Waals surface area contributed by atoms with Crippen LogP contribution in [-0.4, -0.2) is 32.7 Å². The van der Waals surface area contributed by atoms with Crippen LogP contribution >= 0.6 is 0 Å².